The van der Waals surface area contributed by atoms with Crippen molar-refractivity contribution in [2.45, 2.75) is 58.9 Å². The van der Waals surface area contributed by atoms with Gasteiger partial charge in [0.25, 0.3) is 0 Å². The lowest BCUT2D eigenvalue weighted by atomic mass is 9.84. The number of benzene rings is 6. The Morgan fingerprint density at radius 3 is 2.16 bits per heavy atom. The molecule has 0 bridgehead atoms. The van der Waals surface area contributed by atoms with Crippen LogP contribution in [0.4, 0.5) is 22.7 Å². The van der Waals surface area contributed by atoms with E-state index in [1.165, 1.54) is 33.5 Å². The van der Waals surface area contributed by atoms with Gasteiger partial charge in [-0.05, 0) is 98.6 Å². The fourth-order valence-electron chi connectivity index (χ4n) is 8.16. The molecule has 9 rings (SSSR count). The molecule has 8 aromatic rings. The topological polar surface area (TPSA) is 37.9 Å². The standard InChI is InChI=1S/C52H47N5O/c1-51(2,3)37-25-24-36(42(28-37)35-16-9-8-10-17-35)33-55-34-56(47-23-14-13-22-46(47)55)39-18-15-19-40(30-39)58-49-32-48-43(31-44(49)53-7)41-20-11-12-21-45(41)57(48)50-29-38(26-27-54-50)52(4,5)6/h8-32H,33-34H2,1-6H3. The summed E-state index contributed by atoms with van der Waals surface area (Å²) in [5, 5.41) is 2.06. The van der Waals surface area contributed by atoms with Crippen molar-refractivity contribution in [3.8, 4) is 28.4 Å². The molecule has 0 saturated carbocycles. The predicted molar refractivity (Wildman–Crippen MR) is 240 cm³/mol. The average Bonchev–Trinajstić information content (AvgIpc) is 3.75. The Balaban J connectivity index is 1.07. The largest absolute Gasteiger partial charge is 0.468 e. The number of fused-ring (bicyclic) bond motifs is 4. The third-order valence-corrected chi connectivity index (χ3v) is 11.3. The van der Waals surface area contributed by atoms with Crippen LogP contribution in [-0.2, 0) is 17.4 Å². The van der Waals surface area contributed by atoms with Crippen molar-refractivity contribution in [2.75, 3.05) is 16.5 Å². The molecular formula is C52H47N5O. The molecule has 0 spiro atoms. The van der Waals surface area contributed by atoms with E-state index >= 15 is 0 Å². The van der Waals surface area contributed by atoms with Crippen molar-refractivity contribution < 1.29 is 4.74 Å². The summed E-state index contributed by atoms with van der Waals surface area (Å²) in [6.07, 6.45) is 1.88. The molecule has 6 aromatic carbocycles. The van der Waals surface area contributed by atoms with Gasteiger partial charge in [0, 0.05) is 29.9 Å². The van der Waals surface area contributed by atoms with Gasteiger partial charge in [-0.15, -0.1) is 0 Å². The Kier molecular flexibility index (Phi) is 9.05. The van der Waals surface area contributed by atoms with Crippen LogP contribution < -0.4 is 14.5 Å². The molecule has 58 heavy (non-hydrogen) atoms. The fourth-order valence-corrected chi connectivity index (χ4v) is 8.16. The van der Waals surface area contributed by atoms with Gasteiger partial charge in [0.1, 0.15) is 17.3 Å². The van der Waals surface area contributed by atoms with E-state index in [1.807, 2.05) is 42.6 Å². The van der Waals surface area contributed by atoms with Crippen LogP contribution in [0.25, 0.3) is 43.6 Å². The van der Waals surface area contributed by atoms with E-state index in [9.17, 15) is 0 Å². The number of hydrogen-bond acceptors (Lipinski definition) is 4. The molecule has 0 saturated heterocycles. The van der Waals surface area contributed by atoms with Crippen molar-refractivity contribution >= 4 is 44.6 Å². The van der Waals surface area contributed by atoms with Gasteiger partial charge >= 0.3 is 0 Å². The zero-order valence-electron chi connectivity index (χ0n) is 34.0. The number of ether oxygens (including phenoxy) is 1. The van der Waals surface area contributed by atoms with Crippen LogP contribution in [0.2, 0.25) is 0 Å². The molecule has 0 atom stereocenters. The molecule has 286 valence electrons. The highest BCUT2D eigenvalue weighted by atomic mass is 16.5. The number of anilines is 3. The fraction of sp³-hybridized carbons (Fsp3) is 0.192. The average molecular weight is 758 g/mol. The number of nitrogens with zero attached hydrogens (tertiary/aromatic N) is 5. The summed E-state index contributed by atoms with van der Waals surface area (Å²) in [6, 6.07) is 51.1. The lowest BCUT2D eigenvalue weighted by molar-refractivity contribution is 0.486. The molecule has 0 N–H and O–H groups in total. The van der Waals surface area contributed by atoms with Crippen LogP contribution >= 0.6 is 0 Å². The minimum absolute atomic E-state index is 0.0390. The van der Waals surface area contributed by atoms with E-state index in [4.69, 9.17) is 16.3 Å². The molecule has 6 heteroatoms. The lowest BCUT2D eigenvalue weighted by Gasteiger charge is -2.25. The molecule has 2 aromatic heterocycles. The smallest absolute Gasteiger partial charge is 0.229 e. The van der Waals surface area contributed by atoms with E-state index in [0.29, 0.717) is 23.9 Å². The zero-order valence-corrected chi connectivity index (χ0v) is 34.0. The lowest BCUT2D eigenvalue weighted by Crippen LogP contribution is -2.27. The number of hydrogen-bond donors (Lipinski definition) is 0. The first-order valence-electron chi connectivity index (χ1n) is 20.0. The van der Waals surface area contributed by atoms with Gasteiger partial charge in [0.15, 0.2) is 0 Å². The molecule has 1 aliphatic rings. The van der Waals surface area contributed by atoms with Crippen molar-refractivity contribution in [1.29, 1.82) is 0 Å². The van der Waals surface area contributed by atoms with Gasteiger partial charge in [-0.1, -0.05) is 126 Å². The number of para-hydroxylation sites is 3. The first-order chi connectivity index (χ1) is 28.0. The maximum atomic E-state index is 8.20. The van der Waals surface area contributed by atoms with Crippen LogP contribution in [0.15, 0.2) is 152 Å². The summed E-state index contributed by atoms with van der Waals surface area (Å²) in [6.45, 7) is 23.1. The Morgan fingerprint density at radius 1 is 0.655 bits per heavy atom. The van der Waals surface area contributed by atoms with Crippen LogP contribution in [0, 0.1) is 6.57 Å². The van der Waals surface area contributed by atoms with E-state index in [0.717, 1.165) is 45.5 Å². The minimum atomic E-state index is -0.0390. The maximum Gasteiger partial charge on any atom is 0.229 e. The van der Waals surface area contributed by atoms with Crippen LogP contribution in [-0.4, -0.2) is 16.2 Å². The number of aromatic nitrogens is 2. The molecule has 1 aliphatic heterocycles. The van der Waals surface area contributed by atoms with E-state index < -0.39 is 0 Å². The second-order valence-electron chi connectivity index (χ2n) is 17.3. The normalized spacial score (nSPS) is 12.9. The summed E-state index contributed by atoms with van der Waals surface area (Å²) in [7, 11) is 0. The molecule has 0 unspecified atom stereocenters. The van der Waals surface area contributed by atoms with Crippen LogP contribution in [0.3, 0.4) is 0 Å². The van der Waals surface area contributed by atoms with Crippen molar-refractivity contribution in [1.82, 2.24) is 9.55 Å². The first kappa shape index (κ1) is 36.8. The van der Waals surface area contributed by atoms with Gasteiger partial charge in [-0.2, -0.15) is 0 Å². The van der Waals surface area contributed by atoms with Crippen LogP contribution in [0.5, 0.6) is 11.5 Å². The highest BCUT2D eigenvalue weighted by molar-refractivity contribution is 6.11. The summed E-state index contributed by atoms with van der Waals surface area (Å²) >= 11 is 0. The quantitative estimate of drug-likeness (QED) is 0.152. The summed E-state index contributed by atoms with van der Waals surface area (Å²) in [5.41, 5.74) is 12.1. The van der Waals surface area contributed by atoms with Gasteiger partial charge in [-0.25, -0.2) is 9.83 Å². The third kappa shape index (κ3) is 6.73. The van der Waals surface area contributed by atoms with E-state index in [-0.39, 0.29) is 10.8 Å². The van der Waals surface area contributed by atoms with Gasteiger partial charge in [-0.3, -0.25) is 4.57 Å². The molecule has 0 aliphatic carbocycles. The maximum absolute atomic E-state index is 8.20. The Labute approximate surface area is 341 Å². The molecule has 6 nitrogen and oxygen atoms in total. The Bertz CT molecular complexity index is 2870. The molecule has 0 amide bonds. The molecule has 3 heterocycles. The summed E-state index contributed by atoms with van der Waals surface area (Å²) in [4.78, 5) is 13.6. The zero-order chi connectivity index (χ0) is 40.2. The van der Waals surface area contributed by atoms with E-state index in [1.54, 1.807) is 0 Å². The molecule has 0 fully saturated rings. The highest BCUT2D eigenvalue weighted by Crippen LogP contribution is 2.45. The predicted octanol–water partition coefficient (Wildman–Crippen LogP) is 13.9. The number of rotatable bonds is 7. The van der Waals surface area contributed by atoms with Crippen LogP contribution in [0.1, 0.15) is 58.2 Å². The SMILES string of the molecule is [C-]#[N+]c1cc2c3ccccc3n(-c3cc(C(C)(C)C)ccn3)c2cc1Oc1cccc(N2CN(Cc3ccc(C(C)(C)C)cc3-c3ccccc3)c3ccccc32)c1. The second-order valence-corrected chi connectivity index (χ2v) is 17.3. The van der Waals surface area contributed by atoms with Crippen molar-refractivity contribution in [2.24, 2.45) is 0 Å². The van der Waals surface area contributed by atoms with Crippen molar-refractivity contribution in [3.05, 3.63) is 180 Å². The molecular weight excluding hydrogens is 711 g/mol. The Morgan fingerprint density at radius 2 is 1.38 bits per heavy atom. The van der Waals surface area contributed by atoms with E-state index in [2.05, 4.69) is 170 Å². The summed E-state index contributed by atoms with van der Waals surface area (Å²) < 4.78 is 8.89. The summed E-state index contributed by atoms with van der Waals surface area (Å²) in [5.74, 6) is 2.00. The van der Waals surface area contributed by atoms with Gasteiger partial charge in [0.05, 0.1) is 35.6 Å². The number of pyridine rings is 1. The Hall–Kier alpha value is -6.84. The van der Waals surface area contributed by atoms with Gasteiger partial charge in [0.2, 0.25) is 5.69 Å². The highest BCUT2D eigenvalue weighted by Gasteiger charge is 2.28. The second kappa shape index (κ2) is 14.3. The monoisotopic (exact) mass is 757 g/mol. The van der Waals surface area contributed by atoms with Crippen molar-refractivity contribution in [3.63, 3.8) is 0 Å². The van der Waals surface area contributed by atoms with Gasteiger partial charge < -0.3 is 14.5 Å². The minimum Gasteiger partial charge on any atom is -0.468 e. The third-order valence-electron chi connectivity index (χ3n) is 11.3. The first-order valence-corrected chi connectivity index (χ1v) is 20.0. The molecule has 0 radical (unpaired) electrons.